The van der Waals surface area contributed by atoms with Gasteiger partial charge >= 0.3 is 0 Å². The molecular formula is C23H34N2O4. The number of rotatable bonds is 8. The maximum absolute atomic E-state index is 13.1. The molecule has 29 heavy (non-hydrogen) atoms. The minimum atomic E-state index is -0.562. The summed E-state index contributed by atoms with van der Waals surface area (Å²) in [5, 5.41) is 22.3. The van der Waals surface area contributed by atoms with Gasteiger partial charge < -0.3 is 20.4 Å². The minimum absolute atomic E-state index is 0.0405. The molecule has 6 nitrogen and oxygen atoms in total. The average Bonchev–Trinajstić information content (AvgIpc) is 2.69. The smallest absolute Gasteiger partial charge is 0.224 e. The number of fused-ring (bicyclic) bond motifs is 1. The number of allylic oxidation sites excluding steroid dienone is 1. The lowest BCUT2D eigenvalue weighted by Crippen LogP contribution is -2.50. The molecule has 1 heterocycles. The average molecular weight is 403 g/mol. The molecule has 1 aliphatic rings. The topological polar surface area (TPSA) is 89.9 Å². The highest BCUT2D eigenvalue weighted by molar-refractivity contribution is 5.86. The van der Waals surface area contributed by atoms with Crippen LogP contribution < -0.4 is 5.32 Å². The zero-order valence-corrected chi connectivity index (χ0v) is 17.7. The molecule has 2 amide bonds. The summed E-state index contributed by atoms with van der Waals surface area (Å²) in [6, 6.07) is 7.23. The molecule has 1 aliphatic heterocycles. The quantitative estimate of drug-likeness (QED) is 0.581. The monoisotopic (exact) mass is 402 g/mol. The van der Waals surface area contributed by atoms with Gasteiger partial charge in [-0.25, -0.2) is 0 Å². The van der Waals surface area contributed by atoms with Crippen molar-refractivity contribution in [2.45, 2.75) is 58.7 Å². The third-order valence-corrected chi connectivity index (χ3v) is 5.67. The Balaban J connectivity index is 2.12. The van der Waals surface area contributed by atoms with Crippen LogP contribution in [0.25, 0.3) is 0 Å². The lowest BCUT2D eigenvalue weighted by molar-refractivity contribution is -0.140. The second-order valence-electron chi connectivity index (χ2n) is 8.87. The summed E-state index contributed by atoms with van der Waals surface area (Å²) >= 11 is 0. The normalized spacial score (nSPS) is 18.5. The van der Waals surface area contributed by atoms with Crippen LogP contribution >= 0.6 is 0 Å². The fourth-order valence-corrected chi connectivity index (χ4v) is 3.68. The second-order valence-corrected chi connectivity index (χ2v) is 8.87. The Kier molecular flexibility index (Phi) is 7.99. The molecule has 3 unspecified atom stereocenters. The lowest BCUT2D eigenvalue weighted by atomic mass is 9.86. The maximum Gasteiger partial charge on any atom is 0.224 e. The van der Waals surface area contributed by atoms with Crippen molar-refractivity contribution in [3.63, 3.8) is 0 Å². The van der Waals surface area contributed by atoms with Crippen molar-refractivity contribution in [2.75, 3.05) is 13.2 Å². The molecule has 6 heteroatoms. The Morgan fingerprint density at radius 1 is 1.28 bits per heavy atom. The molecule has 0 bridgehead atoms. The number of aliphatic hydroxyl groups excluding tert-OH is 2. The molecule has 3 N–H and O–H groups in total. The number of aliphatic hydroxyl groups is 2. The van der Waals surface area contributed by atoms with Crippen molar-refractivity contribution in [3.05, 3.63) is 48.0 Å². The summed E-state index contributed by atoms with van der Waals surface area (Å²) in [5.74, 6) is -0.977. The van der Waals surface area contributed by atoms with E-state index in [-0.39, 0.29) is 42.9 Å². The van der Waals surface area contributed by atoms with Crippen LogP contribution in [-0.4, -0.2) is 52.2 Å². The SMILES string of the molecule is C=CCC(CC(=O)N1Cc2ccccc2CC1CO)C(=O)NC(CO)C(C)(C)C. The van der Waals surface area contributed by atoms with Crippen molar-refractivity contribution >= 4 is 11.8 Å². The van der Waals surface area contributed by atoms with Gasteiger partial charge in [0.05, 0.1) is 31.2 Å². The summed E-state index contributed by atoms with van der Waals surface area (Å²) in [7, 11) is 0. The molecule has 0 spiro atoms. The van der Waals surface area contributed by atoms with E-state index in [4.69, 9.17) is 0 Å². The first-order valence-electron chi connectivity index (χ1n) is 10.2. The summed E-state index contributed by atoms with van der Waals surface area (Å²) in [4.78, 5) is 27.6. The second kappa shape index (κ2) is 10.0. The highest BCUT2D eigenvalue weighted by atomic mass is 16.3. The highest BCUT2D eigenvalue weighted by Crippen LogP contribution is 2.26. The van der Waals surface area contributed by atoms with E-state index >= 15 is 0 Å². The largest absolute Gasteiger partial charge is 0.394 e. The van der Waals surface area contributed by atoms with Crippen molar-refractivity contribution in [3.8, 4) is 0 Å². The third-order valence-electron chi connectivity index (χ3n) is 5.67. The highest BCUT2D eigenvalue weighted by Gasteiger charge is 2.33. The molecule has 0 saturated heterocycles. The molecule has 1 aromatic carbocycles. The molecule has 2 rings (SSSR count). The van der Waals surface area contributed by atoms with Gasteiger partial charge in [-0.2, -0.15) is 0 Å². The van der Waals surface area contributed by atoms with Gasteiger partial charge in [0.2, 0.25) is 11.8 Å². The molecule has 3 atom stereocenters. The van der Waals surface area contributed by atoms with Gasteiger partial charge in [0.25, 0.3) is 0 Å². The predicted molar refractivity (Wildman–Crippen MR) is 113 cm³/mol. The van der Waals surface area contributed by atoms with E-state index in [9.17, 15) is 19.8 Å². The number of amides is 2. The summed E-state index contributed by atoms with van der Waals surface area (Å²) in [6.45, 7) is 9.70. The van der Waals surface area contributed by atoms with Crippen LogP contribution in [-0.2, 0) is 22.6 Å². The summed E-state index contributed by atoms with van der Waals surface area (Å²) < 4.78 is 0. The molecule has 0 aliphatic carbocycles. The molecule has 0 aromatic heterocycles. The van der Waals surface area contributed by atoms with Gasteiger partial charge in [-0.05, 0) is 29.4 Å². The van der Waals surface area contributed by atoms with E-state index in [1.165, 1.54) is 0 Å². The van der Waals surface area contributed by atoms with Gasteiger partial charge in [0.1, 0.15) is 0 Å². The van der Waals surface area contributed by atoms with Crippen LogP contribution in [0.4, 0.5) is 0 Å². The van der Waals surface area contributed by atoms with Crippen molar-refractivity contribution < 1.29 is 19.8 Å². The van der Waals surface area contributed by atoms with Crippen LogP contribution in [0, 0.1) is 11.3 Å². The molecule has 1 aromatic rings. The van der Waals surface area contributed by atoms with Crippen molar-refractivity contribution in [2.24, 2.45) is 11.3 Å². The zero-order chi connectivity index (χ0) is 21.6. The van der Waals surface area contributed by atoms with Crippen LogP contribution in [0.2, 0.25) is 0 Å². The van der Waals surface area contributed by atoms with Crippen molar-refractivity contribution in [1.29, 1.82) is 0 Å². The Bertz CT molecular complexity index is 726. The zero-order valence-electron chi connectivity index (χ0n) is 17.7. The van der Waals surface area contributed by atoms with E-state index < -0.39 is 12.0 Å². The number of nitrogens with zero attached hydrogens (tertiary/aromatic N) is 1. The number of carbonyl (C=O) groups is 2. The molecule has 0 saturated carbocycles. The van der Waals surface area contributed by atoms with Gasteiger partial charge in [0, 0.05) is 13.0 Å². The van der Waals surface area contributed by atoms with Crippen LogP contribution in [0.3, 0.4) is 0 Å². The summed E-state index contributed by atoms with van der Waals surface area (Å²) in [6.07, 6.45) is 2.65. The Morgan fingerprint density at radius 2 is 1.93 bits per heavy atom. The molecule has 160 valence electrons. The van der Waals surface area contributed by atoms with E-state index in [0.717, 1.165) is 11.1 Å². The number of hydrogen-bond donors (Lipinski definition) is 3. The van der Waals surface area contributed by atoms with E-state index in [0.29, 0.717) is 19.4 Å². The molecule has 0 radical (unpaired) electrons. The minimum Gasteiger partial charge on any atom is -0.394 e. The Hall–Kier alpha value is -2.18. The fraction of sp³-hybridized carbons (Fsp3) is 0.565. The lowest BCUT2D eigenvalue weighted by Gasteiger charge is -2.37. The predicted octanol–water partition coefficient (Wildman–Crippen LogP) is 2.04. The van der Waals surface area contributed by atoms with Crippen LogP contribution in [0.15, 0.2) is 36.9 Å². The maximum atomic E-state index is 13.1. The first kappa shape index (κ1) is 23.1. The van der Waals surface area contributed by atoms with Gasteiger partial charge in [-0.3, -0.25) is 9.59 Å². The first-order valence-corrected chi connectivity index (χ1v) is 10.2. The Labute approximate surface area is 173 Å². The van der Waals surface area contributed by atoms with E-state index in [2.05, 4.69) is 11.9 Å². The standard InChI is InChI=1S/C23H34N2O4/c1-5-8-17(22(29)24-20(15-27)23(2,3)4)12-21(28)25-13-18-10-7-6-9-16(18)11-19(25)14-26/h5-7,9-10,17,19-20,26-27H,1,8,11-15H2,2-4H3,(H,24,29). The van der Waals surface area contributed by atoms with E-state index in [1.807, 2.05) is 45.0 Å². The van der Waals surface area contributed by atoms with Crippen molar-refractivity contribution in [1.82, 2.24) is 10.2 Å². The first-order chi connectivity index (χ1) is 13.7. The van der Waals surface area contributed by atoms with Gasteiger partial charge in [-0.1, -0.05) is 51.1 Å². The number of hydrogen-bond acceptors (Lipinski definition) is 4. The Morgan fingerprint density at radius 3 is 2.48 bits per heavy atom. The van der Waals surface area contributed by atoms with E-state index in [1.54, 1.807) is 11.0 Å². The summed E-state index contributed by atoms with van der Waals surface area (Å²) in [5.41, 5.74) is 1.92. The third kappa shape index (κ3) is 5.90. The van der Waals surface area contributed by atoms with Crippen LogP contribution in [0.1, 0.15) is 44.7 Å². The number of nitrogens with one attached hydrogen (secondary N) is 1. The number of benzene rings is 1. The van der Waals surface area contributed by atoms with Gasteiger partial charge in [0.15, 0.2) is 0 Å². The number of carbonyl (C=O) groups excluding carboxylic acids is 2. The molecule has 0 fully saturated rings. The fourth-order valence-electron chi connectivity index (χ4n) is 3.68. The van der Waals surface area contributed by atoms with Gasteiger partial charge in [-0.15, -0.1) is 6.58 Å². The molecular weight excluding hydrogens is 368 g/mol. The van der Waals surface area contributed by atoms with Crippen LogP contribution in [0.5, 0.6) is 0 Å².